The summed E-state index contributed by atoms with van der Waals surface area (Å²) in [5.74, 6) is 0. The van der Waals surface area contributed by atoms with Gasteiger partial charge in [-0.15, -0.1) is 0 Å². The highest BCUT2D eigenvalue weighted by molar-refractivity contribution is 4.47. The van der Waals surface area contributed by atoms with Gasteiger partial charge in [0.15, 0.2) is 0 Å². The summed E-state index contributed by atoms with van der Waals surface area (Å²) in [6.07, 6.45) is 12.5. The van der Waals surface area contributed by atoms with E-state index in [0.29, 0.717) is 0 Å². The Morgan fingerprint density at radius 2 is 1.07 bits per heavy atom. The fourth-order valence-electron chi connectivity index (χ4n) is 1.86. The molecule has 3 N–H and O–H groups in total. The van der Waals surface area contributed by atoms with E-state index in [1.54, 1.807) is 4.90 Å². The van der Waals surface area contributed by atoms with Crippen LogP contribution in [0.4, 0.5) is 0 Å². The molecule has 2 heteroatoms. The molecule has 0 bridgehead atoms. The Kier molecular flexibility index (Phi) is 11.9. The van der Waals surface area contributed by atoms with Gasteiger partial charge in [0.05, 0.1) is 20.6 Å². The fourth-order valence-corrected chi connectivity index (χ4v) is 1.86. The van der Waals surface area contributed by atoms with Crippen LogP contribution in [0.5, 0.6) is 0 Å². The van der Waals surface area contributed by atoms with Crippen LogP contribution in [0.1, 0.15) is 57.8 Å². The van der Waals surface area contributed by atoms with Crippen LogP contribution in [0, 0.1) is 0 Å². The summed E-state index contributed by atoms with van der Waals surface area (Å²) in [6, 6.07) is 0. The lowest BCUT2D eigenvalue weighted by Crippen LogP contribution is -3.05. The van der Waals surface area contributed by atoms with Gasteiger partial charge in [-0.1, -0.05) is 38.5 Å². The summed E-state index contributed by atoms with van der Waals surface area (Å²) >= 11 is 0. The van der Waals surface area contributed by atoms with Crippen LogP contribution in [-0.2, 0) is 0 Å². The molecular formula is C13H31N2+. The molecule has 2 nitrogen and oxygen atoms in total. The molecule has 0 atom stereocenters. The molecule has 0 aliphatic carbocycles. The second kappa shape index (κ2) is 12.0. The smallest absolute Gasteiger partial charge is 0.0766 e. The van der Waals surface area contributed by atoms with Gasteiger partial charge in [-0.25, -0.2) is 0 Å². The summed E-state index contributed by atoms with van der Waals surface area (Å²) in [4.78, 5) is 1.58. The minimum absolute atomic E-state index is 0.868. The van der Waals surface area contributed by atoms with Crippen molar-refractivity contribution in [1.82, 2.24) is 0 Å². The third kappa shape index (κ3) is 13.9. The van der Waals surface area contributed by atoms with Gasteiger partial charge in [0.2, 0.25) is 0 Å². The van der Waals surface area contributed by atoms with Crippen molar-refractivity contribution in [3.05, 3.63) is 0 Å². The number of hydrogen-bond acceptors (Lipinski definition) is 1. The first-order valence-corrected chi connectivity index (χ1v) is 6.76. The molecule has 0 amide bonds. The second-order valence-corrected chi connectivity index (χ2v) is 4.93. The van der Waals surface area contributed by atoms with E-state index in [1.807, 2.05) is 0 Å². The number of rotatable bonds is 11. The number of nitrogens with one attached hydrogen (secondary N) is 1. The Labute approximate surface area is 96.2 Å². The maximum Gasteiger partial charge on any atom is 0.0766 e. The van der Waals surface area contributed by atoms with Gasteiger partial charge in [0.1, 0.15) is 0 Å². The first-order valence-electron chi connectivity index (χ1n) is 6.76. The zero-order valence-corrected chi connectivity index (χ0v) is 10.9. The average molecular weight is 215 g/mol. The van der Waals surface area contributed by atoms with Crippen molar-refractivity contribution < 1.29 is 4.90 Å². The van der Waals surface area contributed by atoms with Crippen molar-refractivity contribution in [3.8, 4) is 0 Å². The van der Waals surface area contributed by atoms with Crippen LogP contribution >= 0.6 is 0 Å². The molecule has 0 rings (SSSR count). The molecule has 0 aromatic carbocycles. The Bertz CT molecular complexity index is 113. The lowest BCUT2D eigenvalue weighted by molar-refractivity contribution is -0.858. The lowest BCUT2D eigenvalue weighted by Gasteiger charge is -2.06. The molecule has 15 heavy (non-hydrogen) atoms. The van der Waals surface area contributed by atoms with Gasteiger partial charge >= 0.3 is 0 Å². The third-order valence-corrected chi connectivity index (χ3v) is 2.88. The zero-order chi connectivity index (χ0) is 11.4. The van der Waals surface area contributed by atoms with E-state index in [0.717, 1.165) is 6.54 Å². The molecule has 0 aliphatic rings. The highest BCUT2D eigenvalue weighted by atomic mass is 15.0. The second-order valence-electron chi connectivity index (χ2n) is 4.93. The Morgan fingerprint density at radius 1 is 0.667 bits per heavy atom. The Hall–Kier alpha value is -0.0800. The van der Waals surface area contributed by atoms with E-state index in [-0.39, 0.29) is 0 Å². The van der Waals surface area contributed by atoms with Crippen LogP contribution in [0.3, 0.4) is 0 Å². The van der Waals surface area contributed by atoms with Gasteiger partial charge in [-0.2, -0.15) is 0 Å². The molecule has 0 heterocycles. The summed E-state index contributed by atoms with van der Waals surface area (Å²) in [7, 11) is 4.47. The van der Waals surface area contributed by atoms with E-state index >= 15 is 0 Å². The normalized spacial score (nSPS) is 11.2. The first-order chi connectivity index (χ1) is 7.27. The predicted molar refractivity (Wildman–Crippen MR) is 68.3 cm³/mol. The number of unbranched alkanes of at least 4 members (excludes halogenated alkanes) is 8. The SMILES string of the molecule is C[NH+](C)CCCCCCCCCCCN. The van der Waals surface area contributed by atoms with Crippen molar-refractivity contribution >= 4 is 0 Å². The van der Waals surface area contributed by atoms with Crippen LogP contribution in [0.25, 0.3) is 0 Å². The molecule has 0 aromatic heterocycles. The van der Waals surface area contributed by atoms with E-state index < -0.39 is 0 Å². The number of quaternary nitrogens is 1. The highest BCUT2D eigenvalue weighted by Gasteiger charge is 1.94. The van der Waals surface area contributed by atoms with Crippen molar-refractivity contribution in [2.75, 3.05) is 27.2 Å². The molecule has 0 saturated heterocycles. The zero-order valence-electron chi connectivity index (χ0n) is 10.9. The molecular weight excluding hydrogens is 184 g/mol. The van der Waals surface area contributed by atoms with Gasteiger partial charge < -0.3 is 10.6 Å². The molecule has 0 aromatic rings. The van der Waals surface area contributed by atoms with Crippen LogP contribution in [0.15, 0.2) is 0 Å². The molecule has 0 spiro atoms. The first kappa shape index (κ1) is 14.9. The summed E-state index contributed by atoms with van der Waals surface area (Å²) in [6.45, 7) is 2.20. The highest BCUT2D eigenvalue weighted by Crippen LogP contribution is 2.08. The van der Waals surface area contributed by atoms with E-state index in [4.69, 9.17) is 5.73 Å². The van der Waals surface area contributed by atoms with Crippen molar-refractivity contribution in [2.24, 2.45) is 5.73 Å². The van der Waals surface area contributed by atoms with Crippen molar-refractivity contribution in [3.63, 3.8) is 0 Å². The number of nitrogens with two attached hydrogens (primary N) is 1. The van der Waals surface area contributed by atoms with E-state index in [2.05, 4.69) is 14.1 Å². The summed E-state index contributed by atoms with van der Waals surface area (Å²) < 4.78 is 0. The van der Waals surface area contributed by atoms with Gasteiger partial charge in [0.25, 0.3) is 0 Å². The standard InChI is InChI=1S/C13H30N2/c1-15(2)13-11-9-7-5-3-4-6-8-10-12-14/h3-14H2,1-2H3/p+1. The molecule has 0 fully saturated rings. The monoisotopic (exact) mass is 215 g/mol. The molecule has 0 radical (unpaired) electrons. The summed E-state index contributed by atoms with van der Waals surface area (Å²) in [5.41, 5.74) is 5.45. The minimum atomic E-state index is 0.868. The third-order valence-electron chi connectivity index (χ3n) is 2.88. The Morgan fingerprint density at radius 3 is 1.47 bits per heavy atom. The quantitative estimate of drug-likeness (QED) is 0.504. The molecule has 0 saturated carbocycles. The van der Waals surface area contributed by atoms with Crippen LogP contribution in [0.2, 0.25) is 0 Å². The molecule has 92 valence electrons. The molecule has 0 unspecified atom stereocenters. The van der Waals surface area contributed by atoms with E-state index in [1.165, 1.54) is 64.3 Å². The van der Waals surface area contributed by atoms with Crippen LogP contribution < -0.4 is 10.6 Å². The van der Waals surface area contributed by atoms with E-state index in [9.17, 15) is 0 Å². The van der Waals surface area contributed by atoms with Crippen molar-refractivity contribution in [2.45, 2.75) is 57.8 Å². The van der Waals surface area contributed by atoms with Crippen molar-refractivity contribution in [1.29, 1.82) is 0 Å². The number of hydrogen-bond donors (Lipinski definition) is 2. The van der Waals surface area contributed by atoms with Gasteiger partial charge in [-0.05, 0) is 25.8 Å². The van der Waals surface area contributed by atoms with Gasteiger partial charge in [0, 0.05) is 0 Å². The van der Waals surface area contributed by atoms with Crippen LogP contribution in [-0.4, -0.2) is 27.2 Å². The fraction of sp³-hybridized carbons (Fsp3) is 1.00. The maximum absolute atomic E-state index is 5.45. The lowest BCUT2D eigenvalue weighted by atomic mass is 10.1. The summed E-state index contributed by atoms with van der Waals surface area (Å²) in [5, 5.41) is 0. The average Bonchev–Trinajstić information content (AvgIpc) is 2.20. The van der Waals surface area contributed by atoms with Gasteiger partial charge in [-0.3, -0.25) is 0 Å². The molecule has 0 aliphatic heterocycles. The predicted octanol–water partition coefficient (Wildman–Crippen LogP) is 1.60. The topological polar surface area (TPSA) is 30.5 Å². The Balaban J connectivity index is 2.87. The maximum atomic E-state index is 5.45. The largest absolute Gasteiger partial charge is 0.340 e. The minimum Gasteiger partial charge on any atom is -0.340 e.